The van der Waals surface area contributed by atoms with E-state index >= 15 is 0 Å². The van der Waals surface area contributed by atoms with Crippen LogP contribution in [0.25, 0.3) is 0 Å². The second-order valence-corrected chi connectivity index (χ2v) is 5.42. The molecule has 5 nitrogen and oxygen atoms in total. The molecule has 0 fully saturated rings. The van der Waals surface area contributed by atoms with Crippen LogP contribution in [0.1, 0.15) is 26.5 Å². The van der Waals surface area contributed by atoms with Gasteiger partial charge in [-0.1, -0.05) is 12.1 Å². The van der Waals surface area contributed by atoms with Gasteiger partial charge in [0.2, 0.25) is 0 Å². The first-order valence-electron chi connectivity index (χ1n) is 7.70. The van der Waals surface area contributed by atoms with Gasteiger partial charge in [-0.3, -0.25) is 9.59 Å². The molecule has 3 aromatic rings. The summed E-state index contributed by atoms with van der Waals surface area (Å²) in [5.74, 6) is -2.30. The fraction of sp³-hybridized carbons (Fsp3) is 0.0526. The third-order valence-corrected chi connectivity index (χ3v) is 3.55. The van der Waals surface area contributed by atoms with Crippen molar-refractivity contribution in [2.45, 2.75) is 6.54 Å². The maximum atomic E-state index is 13.3. The number of benzene rings is 2. The Morgan fingerprint density at radius 2 is 1.65 bits per heavy atom. The molecule has 7 heteroatoms. The lowest BCUT2D eigenvalue weighted by Gasteiger charge is -2.11. The minimum atomic E-state index is -0.861. The Bertz CT molecular complexity index is 919. The molecule has 132 valence electrons. The van der Waals surface area contributed by atoms with Crippen LogP contribution in [-0.4, -0.2) is 11.8 Å². The number of anilines is 1. The molecule has 1 aromatic heterocycles. The number of amides is 2. The first-order valence-corrected chi connectivity index (χ1v) is 7.70. The Hall–Kier alpha value is -3.48. The van der Waals surface area contributed by atoms with Gasteiger partial charge < -0.3 is 15.1 Å². The predicted molar refractivity (Wildman–Crippen MR) is 90.6 cm³/mol. The van der Waals surface area contributed by atoms with E-state index in [4.69, 9.17) is 4.42 Å². The topological polar surface area (TPSA) is 71.3 Å². The van der Waals surface area contributed by atoms with Gasteiger partial charge in [0, 0.05) is 11.6 Å². The van der Waals surface area contributed by atoms with Gasteiger partial charge in [-0.05, 0) is 36.4 Å². The zero-order valence-corrected chi connectivity index (χ0v) is 13.5. The number of carbonyl (C=O) groups excluding carboxylic acids is 2. The van der Waals surface area contributed by atoms with Gasteiger partial charge in [-0.15, -0.1) is 0 Å². The van der Waals surface area contributed by atoms with Crippen LogP contribution in [0.5, 0.6) is 0 Å². The first kappa shape index (κ1) is 17.3. The van der Waals surface area contributed by atoms with Crippen LogP contribution in [0.4, 0.5) is 14.5 Å². The van der Waals surface area contributed by atoms with Gasteiger partial charge in [0.05, 0.1) is 24.1 Å². The van der Waals surface area contributed by atoms with Crippen LogP contribution >= 0.6 is 0 Å². The van der Waals surface area contributed by atoms with E-state index in [1.807, 2.05) is 0 Å². The fourth-order valence-corrected chi connectivity index (χ4v) is 2.35. The second kappa shape index (κ2) is 7.60. The van der Waals surface area contributed by atoms with Crippen LogP contribution in [0.3, 0.4) is 0 Å². The van der Waals surface area contributed by atoms with Crippen molar-refractivity contribution in [2.24, 2.45) is 0 Å². The number of rotatable bonds is 5. The molecule has 0 aliphatic carbocycles. The molecule has 0 bridgehead atoms. The zero-order chi connectivity index (χ0) is 18.5. The molecular formula is C19H14F2N2O3. The highest BCUT2D eigenvalue weighted by molar-refractivity contribution is 6.09. The van der Waals surface area contributed by atoms with Gasteiger partial charge in [-0.25, -0.2) is 8.78 Å². The first-order chi connectivity index (χ1) is 12.5. The molecule has 1 heterocycles. The Kier molecular flexibility index (Phi) is 5.07. The highest BCUT2D eigenvalue weighted by Gasteiger charge is 2.15. The van der Waals surface area contributed by atoms with E-state index < -0.39 is 23.4 Å². The lowest BCUT2D eigenvalue weighted by molar-refractivity contribution is 0.0949. The van der Waals surface area contributed by atoms with Crippen LogP contribution in [-0.2, 0) is 6.54 Å². The SMILES string of the molecule is O=C(Nc1ccccc1C(=O)NCc1ccco1)c1cc(F)cc(F)c1. The van der Waals surface area contributed by atoms with Gasteiger partial charge in [0.25, 0.3) is 11.8 Å². The van der Waals surface area contributed by atoms with Gasteiger partial charge in [0.1, 0.15) is 17.4 Å². The van der Waals surface area contributed by atoms with Crippen LogP contribution in [0.15, 0.2) is 65.3 Å². The summed E-state index contributed by atoms with van der Waals surface area (Å²) in [4.78, 5) is 24.6. The third-order valence-electron chi connectivity index (χ3n) is 3.55. The number of furan rings is 1. The molecule has 26 heavy (non-hydrogen) atoms. The van der Waals surface area contributed by atoms with Crippen LogP contribution < -0.4 is 10.6 Å². The average Bonchev–Trinajstić information content (AvgIpc) is 3.13. The molecule has 0 saturated carbocycles. The maximum absolute atomic E-state index is 13.3. The van der Waals surface area contributed by atoms with Gasteiger partial charge in [0.15, 0.2) is 0 Å². The van der Waals surface area contributed by atoms with Crippen molar-refractivity contribution < 1.29 is 22.8 Å². The predicted octanol–water partition coefficient (Wildman–Crippen LogP) is 3.74. The summed E-state index contributed by atoms with van der Waals surface area (Å²) in [5, 5.41) is 5.17. The van der Waals surface area contributed by atoms with E-state index in [0.29, 0.717) is 11.8 Å². The standard InChI is InChI=1S/C19H14F2N2O3/c20-13-8-12(9-14(21)10-13)18(24)23-17-6-2-1-5-16(17)19(25)22-11-15-4-3-7-26-15/h1-10H,11H2,(H,22,25)(H,23,24). The lowest BCUT2D eigenvalue weighted by Crippen LogP contribution is -2.24. The van der Waals surface area contributed by atoms with Gasteiger partial charge in [-0.2, -0.15) is 0 Å². The number of halogens is 2. The van der Waals surface area contributed by atoms with E-state index in [0.717, 1.165) is 12.1 Å². The Morgan fingerprint density at radius 3 is 2.35 bits per heavy atom. The number of hydrogen-bond donors (Lipinski definition) is 2. The molecule has 0 atom stereocenters. The highest BCUT2D eigenvalue weighted by Crippen LogP contribution is 2.17. The number of nitrogens with one attached hydrogen (secondary N) is 2. The van der Waals surface area contributed by atoms with E-state index in [1.165, 1.54) is 18.4 Å². The summed E-state index contributed by atoms with van der Waals surface area (Å²) in [7, 11) is 0. The van der Waals surface area contributed by atoms with Crippen molar-refractivity contribution in [1.82, 2.24) is 5.32 Å². The molecule has 0 aliphatic rings. The summed E-state index contributed by atoms with van der Waals surface area (Å²) in [6.45, 7) is 0.184. The molecule has 0 aliphatic heterocycles. The molecule has 0 radical (unpaired) electrons. The molecule has 0 saturated heterocycles. The number of carbonyl (C=O) groups is 2. The van der Waals surface area contributed by atoms with E-state index in [1.54, 1.807) is 24.3 Å². The Balaban J connectivity index is 1.76. The maximum Gasteiger partial charge on any atom is 0.255 e. The van der Waals surface area contributed by atoms with Crippen molar-refractivity contribution in [2.75, 3.05) is 5.32 Å². The van der Waals surface area contributed by atoms with Crippen molar-refractivity contribution in [3.05, 3.63) is 89.4 Å². The van der Waals surface area contributed by atoms with Gasteiger partial charge >= 0.3 is 0 Å². The molecule has 0 unspecified atom stereocenters. The molecule has 3 rings (SSSR count). The Labute approximate surface area is 147 Å². The summed E-state index contributed by atoms with van der Waals surface area (Å²) in [5.41, 5.74) is 0.247. The summed E-state index contributed by atoms with van der Waals surface area (Å²) < 4.78 is 31.7. The lowest BCUT2D eigenvalue weighted by atomic mass is 10.1. The Morgan fingerprint density at radius 1 is 0.923 bits per heavy atom. The number of hydrogen-bond acceptors (Lipinski definition) is 3. The monoisotopic (exact) mass is 356 g/mol. The minimum Gasteiger partial charge on any atom is -0.467 e. The summed E-state index contributed by atoms with van der Waals surface area (Å²) in [6.07, 6.45) is 1.49. The highest BCUT2D eigenvalue weighted by atomic mass is 19.1. The van der Waals surface area contributed by atoms with Crippen molar-refractivity contribution in [1.29, 1.82) is 0 Å². The zero-order valence-electron chi connectivity index (χ0n) is 13.5. The molecule has 2 amide bonds. The largest absolute Gasteiger partial charge is 0.467 e. The quantitative estimate of drug-likeness (QED) is 0.732. The third kappa shape index (κ3) is 4.13. The molecule has 2 aromatic carbocycles. The molecule has 2 N–H and O–H groups in total. The van der Waals surface area contributed by atoms with E-state index in [2.05, 4.69) is 10.6 Å². The van der Waals surface area contributed by atoms with E-state index in [-0.39, 0.29) is 23.4 Å². The van der Waals surface area contributed by atoms with Crippen LogP contribution in [0.2, 0.25) is 0 Å². The summed E-state index contributed by atoms with van der Waals surface area (Å²) >= 11 is 0. The number of para-hydroxylation sites is 1. The van der Waals surface area contributed by atoms with Crippen LogP contribution in [0, 0.1) is 11.6 Å². The van der Waals surface area contributed by atoms with Crippen molar-refractivity contribution in [3.63, 3.8) is 0 Å². The normalized spacial score (nSPS) is 10.4. The smallest absolute Gasteiger partial charge is 0.255 e. The summed E-state index contributed by atoms with van der Waals surface area (Å²) in [6, 6.07) is 12.2. The molecule has 0 spiro atoms. The average molecular weight is 356 g/mol. The second-order valence-electron chi connectivity index (χ2n) is 5.42. The molecular weight excluding hydrogens is 342 g/mol. The fourth-order valence-electron chi connectivity index (χ4n) is 2.35. The van der Waals surface area contributed by atoms with E-state index in [9.17, 15) is 18.4 Å². The van der Waals surface area contributed by atoms with Crippen molar-refractivity contribution >= 4 is 17.5 Å². The van der Waals surface area contributed by atoms with Crippen molar-refractivity contribution in [3.8, 4) is 0 Å². The minimum absolute atomic E-state index is 0.184.